The normalized spacial score (nSPS) is 18.4. The van der Waals surface area contributed by atoms with Crippen LogP contribution in [0.5, 0.6) is 0 Å². The van der Waals surface area contributed by atoms with E-state index in [2.05, 4.69) is 10.2 Å². The Morgan fingerprint density at radius 3 is 2.47 bits per heavy atom. The van der Waals surface area contributed by atoms with Crippen LogP contribution in [0.3, 0.4) is 0 Å². The number of likely N-dealkylation sites (tertiary alicyclic amines) is 1. The Kier molecular flexibility index (Phi) is 6.50. The van der Waals surface area contributed by atoms with Gasteiger partial charge in [0, 0.05) is 43.9 Å². The van der Waals surface area contributed by atoms with E-state index in [4.69, 9.17) is 0 Å². The third-order valence-corrected chi connectivity index (χ3v) is 6.74. The summed E-state index contributed by atoms with van der Waals surface area (Å²) in [5.74, 6) is 1.11. The second-order valence-corrected chi connectivity index (χ2v) is 8.77. The summed E-state index contributed by atoms with van der Waals surface area (Å²) in [6.07, 6.45) is 8.86. The highest BCUT2D eigenvalue weighted by molar-refractivity contribution is 6.04. The Labute approximate surface area is 178 Å². The van der Waals surface area contributed by atoms with E-state index in [-0.39, 0.29) is 5.91 Å². The van der Waals surface area contributed by atoms with Gasteiger partial charge in [-0.05, 0) is 49.8 Å². The zero-order valence-corrected chi connectivity index (χ0v) is 17.8. The molecule has 2 aromatic rings. The van der Waals surface area contributed by atoms with E-state index in [0.29, 0.717) is 23.4 Å². The fourth-order valence-electron chi connectivity index (χ4n) is 4.80. The van der Waals surface area contributed by atoms with Crippen LogP contribution in [0.2, 0.25) is 0 Å². The highest BCUT2D eigenvalue weighted by Crippen LogP contribution is 2.30. The van der Waals surface area contributed by atoms with Crippen molar-refractivity contribution in [3.8, 4) is 0 Å². The molecule has 1 saturated heterocycles. The fourth-order valence-corrected chi connectivity index (χ4v) is 4.80. The predicted octanol–water partition coefficient (Wildman–Crippen LogP) is 4.36. The predicted molar refractivity (Wildman–Crippen MR) is 118 cm³/mol. The molecule has 6 nitrogen and oxygen atoms in total. The van der Waals surface area contributed by atoms with Crippen LogP contribution >= 0.6 is 0 Å². The van der Waals surface area contributed by atoms with E-state index in [0.717, 1.165) is 43.7 Å². The number of carbonyl (C=O) groups is 2. The maximum Gasteiger partial charge on any atom is 0.278 e. The number of anilines is 1. The molecule has 30 heavy (non-hydrogen) atoms. The van der Waals surface area contributed by atoms with Gasteiger partial charge >= 0.3 is 0 Å². The number of carbonyl (C=O) groups excluding carboxylic acids is 2. The minimum atomic E-state index is -0.121. The van der Waals surface area contributed by atoms with Crippen LogP contribution in [0.1, 0.15) is 73.5 Å². The number of benzene rings is 1. The average molecular weight is 409 g/mol. The zero-order chi connectivity index (χ0) is 20.9. The topological polar surface area (TPSA) is 69.3 Å². The lowest BCUT2D eigenvalue weighted by molar-refractivity contribution is -0.133. The van der Waals surface area contributed by atoms with Gasteiger partial charge in [0.25, 0.3) is 5.91 Å². The molecule has 1 aromatic carbocycles. The second kappa shape index (κ2) is 9.45. The molecule has 2 heterocycles. The molecule has 2 fully saturated rings. The Bertz CT molecular complexity index is 849. The monoisotopic (exact) mass is 408 g/mol. The van der Waals surface area contributed by atoms with Crippen molar-refractivity contribution >= 4 is 17.5 Å². The number of nitrogens with zero attached hydrogens (tertiary/aromatic N) is 3. The molecule has 0 unspecified atom stereocenters. The number of rotatable bonds is 5. The molecule has 6 heteroatoms. The third-order valence-electron chi connectivity index (χ3n) is 6.74. The number of aromatic amines is 1. The molecule has 160 valence electrons. The van der Waals surface area contributed by atoms with Crippen molar-refractivity contribution in [3.63, 3.8) is 0 Å². The van der Waals surface area contributed by atoms with Gasteiger partial charge in [0.2, 0.25) is 5.91 Å². The lowest BCUT2D eigenvalue weighted by Gasteiger charge is -2.33. The summed E-state index contributed by atoms with van der Waals surface area (Å²) in [5, 5.41) is 7.34. The molecule has 1 saturated carbocycles. The van der Waals surface area contributed by atoms with Crippen molar-refractivity contribution < 1.29 is 9.59 Å². The number of hydrogen-bond acceptors (Lipinski definition) is 3. The number of nitrogens with one attached hydrogen (secondary N) is 1. The standard InChI is InChI=1S/C24H32N4O2/c1-27(20-10-6-3-7-11-20)24(30)22-17-21(25-26-22)19-12-14-28(15-13-19)23(29)16-18-8-4-2-5-9-18/h3,6-7,10-11,17-19H,2,4-5,8-9,12-16H2,1H3,(H,25,26). The summed E-state index contributed by atoms with van der Waals surface area (Å²) in [6, 6.07) is 11.5. The lowest BCUT2D eigenvalue weighted by Crippen LogP contribution is -2.38. The summed E-state index contributed by atoms with van der Waals surface area (Å²) >= 11 is 0. The van der Waals surface area contributed by atoms with Crippen LogP contribution < -0.4 is 4.90 Å². The largest absolute Gasteiger partial charge is 0.343 e. The maximum atomic E-state index is 12.8. The number of aromatic nitrogens is 2. The quantitative estimate of drug-likeness (QED) is 0.799. The first kappa shape index (κ1) is 20.6. The van der Waals surface area contributed by atoms with Crippen LogP contribution in [0, 0.1) is 5.92 Å². The summed E-state index contributed by atoms with van der Waals surface area (Å²) in [5.41, 5.74) is 2.28. The van der Waals surface area contributed by atoms with Crippen molar-refractivity contribution in [3.05, 3.63) is 47.8 Å². The zero-order valence-electron chi connectivity index (χ0n) is 17.8. The number of piperidine rings is 1. The first-order chi connectivity index (χ1) is 14.6. The molecule has 0 atom stereocenters. The summed E-state index contributed by atoms with van der Waals surface area (Å²) in [7, 11) is 1.77. The fraction of sp³-hybridized carbons (Fsp3) is 0.542. The van der Waals surface area contributed by atoms with Gasteiger partial charge in [-0.2, -0.15) is 5.10 Å². The van der Waals surface area contributed by atoms with Crippen molar-refractivity contribution in [2.75, 3.05) is 25.0 Å². The van der Waals surface area contributed by atoms with E-state index in [1.165, 1.54) is 32.1 Å². The molecule has 0 radical (unpaired) electrons. The Balaban J connectivity index is 1.30. The number of para-hydroxylation sites is 1. The first-order valence-electron chi connectivity index (χ1n) is 11.3. The molecule has 4 rings (SSSR count). The lowest BCUT2D eigenvalue weighted by atomic mass is 9.86. The van der Waals surface area contributed by atoms with Crippen LogP contribution in [0.15, 0.2) is 36.4 Å². The minimum Gasteiger partial charge on any atom is -0.343 e. The van der Waals surface area contributed by atoms with Gasteiger partial charge in [0.15, 0.2) is 5.69 Å². The van der Waals surface area contributed by atoms with Crippen molar-refractivity contribution in [2.24, 2.45) is 5.92 Å². The summed E-state index contributed by atoms with van der Waals surface area (Å²) in [6.45, 7) is 1.59. The van der Waals surface area contributed by atoms with E-state index in [1.807, 2.05) is 41.3 Å². The smallest absolute Gasteiger partial charge is 0.278 e. The molecular formula is C24H32N4O2. The van der Waals surface area contributed by atoms with E-state index >= 15 is 0 Å². The van der Waals surface area contributed by atoms with Crippen LogP contribution in [-0.2, 0) is 4.79 Å². The molecule has 1 N–H and O–H groups in total. The van der Waals surface area contributed by atoms with E-state index < -0.39 is 0 Å². The Morgan fingerprint density at radius 1 is 1.07 bits per heavy atom. The van der Waals surface area contributed by atoms with Crippen molar-refractivity contribution in [1.82, 2.24) is 15.1 Å². The van der Waals surface area contributed by atoms with Gasteiger partial charge < -0.3 is 9.80 Å². The minimum absolute atomic E-state index is 0.121. The number of hydrogen-bond donors (Lipinski definition) is 1. The molecular weight excluding hydrogens is 376 g/mol. The van der Waals surface area contributed by atoms with Crippen molar-refractivity contribution in [2.45, 2.75) is 57.3 Å². The number of amides is 2. The molecule has 2 amide bonds. The van der Waals surface area contributed by atoms with Crippen molar-refractivity contribution in [1.29, 1.82) is 0 Å². The van der Waals surface area contributed by atoms with Gasteiger partial charge in [0.1, 0.15) is 0 Å². The highest BCUT2D eigenvalue weighted by atomic mass is 16.2. The van der Waals surface area contributed by atoms with E-state index in [1.54, 1.807) is 11.9 Å². The highest BCUT2D eigenvalue weighted by Gasteiger charge is 2.28. The summed E-state index contributed by atoms with van der Waals surface area (Å²) < 4.78 is 0. The number of H-pyrrole nitrogens is 1. The maximum absolute atomic E-state index is 12.8. The van der Waals surface area contributed by atoms with Gasteiger partial charge in [0.05, 0.1) is 0 Å². The van der Waals surface area contributed by atoms with Gasteiger partial charge in [-0.1, -0.05) is 37.5 Å². The summed E-state index contributed by atoms with van der Waals surface area (Å²) in [4.78, 5) is 29.1. The molecule has 1 aliphatic heterocycles. The third kappa shape index (κ3) is 4.74. The first-order valence-corrected chi connectivity index (χ1v) is 11.3. The molecule has 0 spiro atoms. The molecule has 1 aliphatic carbocycles. The van der Waals surface area contributed by atoms with E-state index in [9.17, 15) is 9.59 Å². The SMILES string of the molecule is CN(C(=O)c1cc(C2CCN(C(=O)CC3CCCCC3)CC2)[nH]n1)c1ccccc1. The average Bonchev–Trinajstić information content (AvgIpc) is 3.30. The van der Waals surface area contributed by atoms with Crippen LogP contribution in [0.25, 0.3) is 0 Å². The Morgan fingerprint density at radius 2 is 1.77 bits per heavy atom. The Hall–Kier alpha value is -2.63. The second-order valence-electron chi connectivity index (χ2n) is 8.77. The van der Waals surface area contributed by atoms with Gasteiger partial charge in [-0.3, -0.25) is 14.7 Å². The van der Waals surface area contributed by atoms with Crippen LogP contribution in [0.4, 0.5) is 5.69 Å². The molecule has 2 aliphatic rings. The van der Waals surface area contributed by atoms with Crippen LogP contribution in [-0.4, -0.2) is 47.0 Å². The van der Waals surface area contributed by atoms with Gasteiger partial charge in [-0.15, -0.1) is 0 Å². The molecule has 1 aromatic heterocycles. The molecule has 0 bridgehead atoms. The van der Waals surface area contributed by atoms with Gasteiger partial charge in [-0.25, -0.2) is 0 Å².